The van der Waals surface area contributed by atoms with E-state index in [-0.39, 0.29) is 0 Å². The highest BCUT2D eigenvalue weighted by atomic mass is 16.3. The average Bonchev–Trinajstić information content (AvgIpc) is 2.64. The van der Waals surface area contributed by atoms with E-state index in [0.717, 1.165) is 18.7 Å². The molecule has 14 heavy (non-hydrogen) atoms. The lowest BCUT2D eigenvalue weighted by Crippen LogP contribution is -2.18. The van der Waals surface area contributed by atoms with Gasteiger partial charge in [-0.3, -0.25) is 0 Å². The molecule has 2 heteroatoms. The molecule has 0 unspecified atom stereocenters. The van der Waals surface area contributed by atoms with Crippen LogP contribution in [0, 0.1) is 5.92 Å². The maximum absolute atomic E-state index is 5.03. The Labute approximate surface area is 86.0 Å². The number of rotatable bonds is 5. The van der Waals surface area contributed by atoms with Crippen molar-refractivity contribution >= 4 is 6.08 Å². The summed E-state index contributed by atoms with van der Waals surface area (Å²) in [5, 5.41) is 3.34. The third-order valence-electron chi connectivity index (χ3n) is 2.22. The molecule has 0 radical (unpaired) electrons. The van der Waals surface area contributed by atoms with E-state index >= 15 is 0 Å². The zero-order valence-electron chi connectivity index (χ0n) is 9.21. The van der Waals surface area contributed by atoms with Gasteiger partial charge >= 0.3 is 0 Å². The molecule has 1 N–H and O–H groups in total. The molecule has 1 aromatic rings. The Hall–Kier alpha value is -1.02. The van der Waals surface area contributed by atoms with Crippen LogP contribution in [0.4, 0.5) is 0 Å². The summed E-state index contributed by atoms with van der Waals surface area (Å²) in [7, 11) is 0. The third kappa shape index (κ3) is 3.38. The van der Waals surface area contributed by atoms with Crippen LogP contribution < -0.4 is 5.32 Å². The monoisotopic (exact) mass is 193 g/mol. The molecule has 1 rings (SSSR count). The molecule has 1 heterocycles. The van der Waals surface area contributed by atoms with E-state index < -0.39 is 0 Å². The summed E-state index contributed by atoms with van der Waals surface area (Å²) in [6, 6.07) is 1.98. The van der Waals surface area contributed by atoms with E-state index in [4.69, 9.17) is 4.42 Å². The Balaban J connectivity index is 2.67. The zero-order valence-corrected chi connectivity index (χ0v) is 9.21. The fourth-order valence-electron chi connectivity index (χ4n) is 1.26. The number of furan rings is 1. The standard InChI is InChI=1S/C12H19NO/c1-4-13-8-12(10(2)3)7-11-5-6-14-9-11/h5-7,9-10,13H,4,8H2,1-3H3. The van der Waals surface area contributed by atoms with Gasteiger partial charge in [-0.1, -0.05) is 32.4 Å². The fourth-order valence-corrected chi connectivity index (χ4v) is 1.26. The van der Waals surface area contributed by atoms with Crippen LogP contribution in [0.25, 0.3) is 6.08 Å². The quantitative estimate of drug-likeness (QED) is 0.777. The highest BCUT2D eigenvalue weighted by Gasteiger charge is 2.02. The Kier molecular flexibility index (Phi) is 4.47. The lowest BCUT2D eigenvalue weighted by atomic mass is 10.0. The highest BCUT2D eigenvalue weighted by Crippen LogP contribution is 2.14. The van der Waals surface area contributed by atoms with Crippen molar-refractivity contribution in [3.63, 3.8) is 0 Å². The molecule has 0 spiro atoms. The van der Waals surface area contributed by atoms with E-state index in [1.807, 2.05) is 6.07 Å². The van der Waals surface area contributed by atoms with Gasteiger partial charge < -0.3 is 9.73 Å². The molecule has 0 aliphatic rings. The Bertz CT molecular complexity index is 273. The first kappa shape index (κ1) is 11.1. The second-order valence-electron chi connectivity index (χ2n) is 3.71. The molecule has 1 aromatic heterocycles. The van der Waals surface area contributed by atoms with Gasteiger partial charge in [-0.2, -0.15) is 0 Å². The van der Waals surface area contributed by atoms with Crippen LogP contribution in [-0.4, -0.2) is 13.1 Å². The van der Waals surface area contributed by atoms with E-state index in [2.05, 4.69) is 32.2 Å². The summed E-state index contributed by atoms with van der Waals surface area (Å²) in [6.45, 7) is 8.51. The second-order valence-corrected chi connectivity index (χ2v) is 3.71. The molecule has 0 atom stereocenters. The minimum absolute atomic E-state index is 0.573. The molecule has 0 bridgehead atoms. The molecule has 0 amide bonds. The van der Waals surface area contributed by atoms with Crippen LogP contribution in [0.1, 0.15) is 26.3 Å². The van der Waals surface area contributed by atoms with Gasteiger partial charge in [0, 0.05) is 12.1 Å². The van der Waals surface area contributed by atoms with Crippen molar-refractivity contribution < 1.29 is 4.42 Å². The van der Waals surface area contributed by atoms with Gasteiger partial charge in [0.05, 0.1) is 12.5 Å². The van der Waals surface area contributed by atoms with Gasteiger partial charge in [-0.05, 0) is 18.5 Å². The summed E-state index contributed by atoms with van der Waals surface area (Å²) in [6.07, 6.45) is 5.67. The minimum Gasteiger partial charge on any atom is -0.472 e. The van der Waals surface area contributed by atoms with Crippen molar-refractivity contribution in [1.82, 2.24) is 5.32 Å². The average molecular weight is 193 g/mol. The van der Waals surface area contributed by atoms with Crippen LogP contribution in [-0.2, 0) is 0 Å². The SMILES string of the molecule is CCNCC(=Cc1ccoc1)C(C)C. The predicted octanol–water partition coefficient (Wildman–Crippen LogP) is 2.93. The van der Waals surface area contributed by atoms with Gasteiger partial charge in [0.1, 0.15) is 0 Å². The lowest BCUT2D eigenvalue weighted by molar-refractivity contribution is 0.566. The normalized spacial score (nSPS) is 12.4. The molecular weight excluding hydrogens is 174 g/mol. The van der Waals surface area contributed by atoms with Crippen molar-refractivity contribution in [1.29, 1.82) is 0 Å². The second kappa shape index (κ2) is 5.66. The van der Waals surface area contributed by atoms with Crippen LogP contribution in [0.5, 0.6) is 0 Å². The summed E-state index contributed by atoms with van der Waals surface area (Å²) in [4.78, 5) is 0. The van der Waals surface area contributed by atoms with Crippen LogP contribution in [0.3, 0.4) is 0 Å². The molecule has 2 nitrogen and oxygen atoms in total. The Morgan fingerprint density at radius 1 is 1.57 bits per heavy atom. The summed E-state index contributed by atoms with van der Waals surface area (Å²) in [5.41, 5.74) is 2.56. The van der Waals surface area contributed by atoms with E-state index in [1.165, 1.54) is 5.57 Å². The van der Waals surface area contributed by atoms with Gasteiger partial charge in [0.15, 0.2) is 0 Å². The molecule has 0 fully saturated rings. The van der Waals surface area contributed by atoms with Crippen LogP contribution in [0.2, 0.25) is 0 Å². The van der Waals surface area contributed by atoms with Crippen LogP contribution in [0.15, 0.2) is 28.6 Å². The van der Waals surface area contributed by atoms with E-state index in [1.54, 1.807) is 12.5 Å². The van der Waals surface area contributed by atoms with Crippen LogP contribution >= 0.6 is 0 Å². The Morgan fingerprint density at radius 3 is 2.86 bits per heavy atom. The van der Waals surface area contributed by atoms with Gasteiger partial charge in [-0.15, -0.1) is 0 Å². The highest BCUT2D eigenvalue weighted by molar-refractivity contribution is 5.52. The summed E-state index contributed by atoms with van der Waals surface area (Å²) < 4.78 is 5.03. The zero-order chi connectivity index (χ0) is 10.4. The van der Waals surface area contributed by atoms with E-state index in [0.29, 0.717) is 5.92 Å². The smallest absolute Gasteiger partial charge is 0.0974 e. The van der Waals surface area contributed by atoms with Crippen molar-refractivity contribution in [3.05, 3.63) is 29.7 Å². The molecule has 0 aliphatic carbocycles. The number of likely N-dealkylation sites (N-methyl/N-ethyl adjacent to an activating group) is 1. The van der Waals surface area contributed by atoms with Gasteiger partial charge in [-0.25, -0.2) is 0 Å². The molecule has 78 valence electrons. The largest absolute Gasteiger partial charge is 0.472 e. The number of hydrogen-bond donors (Lipinski definition) is 1. The van der Waals surface area contributed by atoms with Crippen molar-refractivity contribution in [3.8, 4) is 0 Å². The molecule has 0 aromatic carbocycles. The summed E-state index contributed by atoms with van der Waals surface area (Å²) >= 11 is 0. The van der Waals surface area contributed by atoms with Gasteiger partial charge in [0.25, 0.3) is 0 Å². The maximum Gasteiger partial charge on any atom is 0.0974 e. The molecular formula is C12H19NO. The summed E-state index contributed by atoms with van der Waals surface area (Å²) in [5.74, 6) is 0.573. The maximum atomic E-state index is 5.03. The van der Waals surface area contributed by atoms with Crippen molar-refractivity contribution in [2.24, 2.45) is 5.92 Å². The first-order valence-corrected chi connectivity index (χ1v) is 5.17. The number of hydrogen-bond acceptors (Lipinski definition) is 2. The third-order valence-corrected chi connectivity index (χ3v) is 2.22. The molecule has 0 saturated heterocycles. The first-order chi connectivity index (χ1) is 6.74. The topological polar surface area (TPSA) is 25.2 Å². The Morgan fingerprint density at radius 2 is 2.36 bits per heavy atom. The van der Waals surface area contributed by atoms with Gasteiger partial charge in [0.2, 0.25) is 0 Å². The number of nitrogens with one attached hydrogen (secondary N) is 1. The van der Waals surface area contributed by atoms with Crippen molar-refractivity contribution in [2.45, 2.75) is 20.8 Å². The minimum atomic E-state index is 0.573. The molecule has 0 saturated carbocycles. The first-order valence-electron chi connectivity index (χ1n) is 5.17. The predicted molar refractivity (Wildman–Crippen MR) is 60.1 cm³/mol. The molecule has 0 aliphatic heterocycles. The fraction of sp³-hybridized carbons (Fsp3) is 0.500. The van der Waals surface area contributed by atoms with Crippen molar-refractivity contribution in [2.75, 3.05) is 13.1 Å². The lowest BCUT2D eigenvalue weighted by Gasteiger charge is -2.11. The van der Waals surface area contributed by atoms with E-state index in [9.17, 15) is 0 Å².